The Morgan fingerprint density at radius 3 is 2.62 bits per heavy atom. The summed E-state index contributed by atoms with van der Waals surface area (Å²) in [7, 11) is 0. The molecule has 2 rings (SSSR count). The number of hydrazine groups is 1. The van der Waals surface area contributed by atoms with Gasteiger partial charge >= 0.3 is 0 Å². The fourth-order valence-corrected chi connectivity index (χ4v) is 1.91. The molecule has 1 aromatic rings. The molecule has 1 N–H and O–H groups in total. The maximum atomic E-state index is 11.6. The normalized spacial score (nSPS) is 16.0. The van der Waals surface area contributed by atoms with Crippen molar-refractivity contribution >= 4 is 11.6 Å². The Morgan fingerprint density at radius 2 is 2.00 bits per heavy atom. The quantitative estimate of drug-likeness (QED) is 0.824. The van der Waals surface area contributed by atoms with Crippen LogP contribution in [0.15, 0.2) is 24.3 Å². The zero-order valence-electron chi connectivity index (χ0n) is 9.39. The van der Waals surface area contributed by atoms with Crippen LogP contribution in [-0.4, -0.2) is 35.7 Å². The molecular weight excluding hydrogens is 204 g/mol. The van der Waals surface area contributed by atoms with E-state index in [-0.39, 0.29) is 12.5 Å². The molecule has 1 aromatic carbocycles. The molecule has 1 heterocycles. The zero-order chi connectivity index (χ0) is 11.5. The number of benzene rings is 1. The molecule has 1 aliphatic rings. The second-order valence-electron chi connectivity index (χ2n) is 3.95. The molecule has 0 atom stereocenters. The van der Waals surface area contributed by atoms with E-state index in [1.165, 1.54) is 5.56 Å². The number of aliphatic hydroxyl groups excluding tert-OH is 1. The van der Waals surface area contributed by atoms with Gasteiger partial charge in [-0.3, -0.25) is 14.8 Å². The summed E-state index contributed by atoms with van der Waals surface area (Å²) in [5.74, 6) is 0.0784. The van der Waals surface area contributed by atoms with Crippen LogP contribution in [0.5, 0.6) is 0 Å². The lowest BCUT2D eigenvalue weighted by Gasteiger charge is -2.29. The smallest absolute Gasteiger partial charge is 0.243 e. The predicted molar refractivity (Wildman–Crippen MR) is 61.9 cm³/mol. The first-order valence-corrected chi connectivity index (χ1v) is 5.47. The van der Waals surface area contributed by atoms with Crippen molar-refractivity contribution in [2.75, 3.05) is 24.7 Å². The van der Waals surface area contributed by atoms with Gasteiger partial charge in [0.1, 0.15) is 0 Å². The van der Waals surface area contributed by atoms with Crippen LogP contribution in [0.3, 0.4) is 0 Å². The highest BCUT2D eigenvalue weighted by atomic mass is 16.3. The third-order valence-electron chi connectivity index (χ3n) is 2.76. The number of aliphatic hydroxyl groups is 1. The van der Waals surface area contributed by atoms with E-state index in [1.54, 1.807) is 5.01 Å². The number of aryl methyl sites for hydroxylation is 1. The van der Waals surface area contributed by atoms with Gasteiger partial charge in [-0.25, -0.2) is 0 Å². The van der Waals surface area contributed by atoms with Gasteiger partial charge in [0.2, 0.25) is 5.91 Å². The fourth-order valence-electron chi connectivity index (χ4n) is 1.91. The van der Waals surface area contributed by atoms with Crippen LogP contribution in [0.25, 0.3) is 0 Å². The van der Waals surface area contributed by atoms with Gasteiger partial charge < -0.3 is 5.11 Å². The van der Waals surface area contributed by atoms with E-state index in [4.69, 9.17) is 5.11 Å². The number of β-amino-alcohol motifs (C(OH)–C–C–N with tert-alkyl or cyclic N) is 1. The number of carbonyl (C=O) groups is 1. The standard InChI is InChI=1S/C12H16N2O2/c1-10-2-4-11(5-3-10)13-7-6-12(16)14(13)8-9-15/h2-5,15H,6-9H2,1H3. The highest BCUT2D eigenvalue weighted by Gasteiger charge is 2.28. The van der Waals surface area contributed by atoms with Gasteiger partial charge in [0, 0.05) is 13.0 Å². The summed E-state index contributed by atoms with van der Waals surface area (Å²) in [6, 6.07) is 8.04. The number of hydrogen-bond acceptors (Lipinski definition) is 3. The molecular formula is C12H16N2O2. The minimum Gasteiger partial charge on any atom is -0.394 e. The first-order valence-electron chi connectivity index (χ1n) is 5.47. The summed E-state index contributed by atoms with van der Waals surface area (Å²) in [6.07, 6.45) is 0.522. The number of hydrogen-bond donors (Lipinski definition) is 1. The minimum absolute atomic E-state index is 0.00585. The second-order valence-corrected chi connectivity index (χ2v) is 3.95. The Labute approximate surface area is 95.1 Å². The van der Waals surface area contributed by atoms with Crippen LogP contribution in [0.4, 0.5) is 5.69 Å². The van der Waals surface area contributed by atoms with Crippen LogP contribution < -0.4 is 5.01 Å². The zero-order valence-corrected chi connectivity index (χ0v) is 9.39. The molecule has 1 fully saturated rings. The maximum absolute atomic E-state index is 11.6. The molecule has 0 spiro atoms. The summed E-state index contributed by atoms with van der Waals surface area (Å²) < 4.78 is 0. The Morgan fingerprint density at radius 1 is 1.31 bits per heavy atom. The van der Waals surface area contributed by atoms with E-state index in [1.807, 2.05) is 36.2 Å². The SMILES string of the molecule is Cc1ccc(N2CCC(=O)N2CCO)cc1. The molecule has 1 amide bonds. The second kappa shape index (κ2) is 4.53. The van der Waals surface area contributed by atoms with Crippen LogP contribution >= 0.6 is 0 Å². The minimum atomic E-state index is -0.00585. The molecule has 0 bridgehead atoms. The Bertz CT molecular complexity index is 375. The topological polar surface area (TPSA) is 43.8 Å². The molecule has 0 aromatic heterocycles. The van der Waals surface area contributed by atoms with Crippen molar-refractivity contribution in [3.05, 3.63) is 29.8 Å². The van der Waals surface area contributed by atoms with Gasteiger partial charge in [-0.05, 0) is 19.1 Å². The van der Waals surface area contributed by atoms with Gasteiger partial charge in [0.15, 0.2) is 0 Å². The maximum Gasteiger partial charge on any atom is 0.243 e. The van der Waals surface area contributed by atoms with Gasteiger partial charge in [0.25, 0.3) is 0 Å². The summed E-state index contributed by atoms with van der Waals surface area (Å²) in [4.78, 5) is 11.6. The van der Waals surface area contributed by atoms with Crippen LogP contribution in [0.1, 0.15) is 12.0 Å². The molecule has 86 valence electrons. The Hall–Kier alpha value is -1.55. The van der Waals surface area contributed by atoms with Gasteiger partial charge in [-0.2, -0.15) is 0 Å². The Kier molecular flexibility index (Phi) is 3.10. The van der Waals surface area contributed by atoms with Crippen molar-refractivity contribution in [1.82, 2.24) is 5.01 Å². The number of nitrogens with zero attached hydrogens (tertiary/aromatic N) is 2. The number of carbonyl (C=O) groups excluding carboxylic acids is 1. The summed E-state index contributed by atoms with van der Waals surface area (Å²) in [6.45, 7) is 3.09. The van der Waals surface area contributed by atoms with E-state index >= 15 is 0 Å². The van der Waals surface area contributed by atoms with E-state index in [9.17, 15) is 4.79 Å². The summed E-state index contributed by atoms with van der Waals surface area (Å²) in [5.41, 5.74) is 2.20. The van der Waals surface area contributed by atoms with E-state index < -0.39 is 0 Å². The fraction of sp³-hybridized carbons (Fsp3) is 0.417. The van der Waals surface area contributed by atoms with Crippen molar-refractivity contribution < 1.29 is 9.90 Å². The molecule has 4 nitrogen and oxygen atoms in total. The average Bonchev–Trinajstić information content (AvgIpc) is 2.63. The number of amides is 1. The van der Waals surface area contributed by atoms with Crippen LogP contribution in [-0.2, 0) is 4.79 Å². The largest absolute Gasteiger partial charge is 0.394 e. The van der Waals surface area contributed by atoms with Crippen molar-refractivity contribution in [3.8, 4) is 0 Å². The molecule has 1 saturated heterocycles. The van der Waals surface area contributed by atoms with Crippen molar-refractivity contribution in [3.63, 3.8) is 0 Å². The molecule has 0 radical (unpaired) electrons. The summed E-state index contributed by atoms with van der Waals surface area (Å²) >= 11 is 0. The molecule has 0 aliphatic carbocycles. The van der Waals surface area contributed by atoms with Crippen LogP contribution in [0, 0.1) is 6.92 Å². The first-order chi connectivity index (χ1) is 7.72. The lowest BCUT2D eigenvalue weighted by Crippen LogP contribution is -2.40. The van der Waals surface area contributed by atoms with Gasteiger partial charge in [-0.1, -0.05) is 17.7 Å². The lowest BCUT2D eigenvalue weighted by molar-refractivity contribution is -0.128. The van der Waals surface area contributed by atoms with Crippen molar-refractivity contribution in [2.24, 2.45) is 0 Å². The third kappa shape index (κ3) is 2.02. The van der Waals surface area contributed by atoms with E-state index in [0.717, 1.165) is 5.69 Å². The summed E-state index contributed by atoms with van der Waals surface area (Å²) in [5, 5.41) is 12.5. The highest BCUT2D eigenvalue weighted by Crippen LogP contribution is 2.22. The van der Waals surface area contributed by atoms with Crippen molar-refractivity contribution in [2.45, 2.75) is 13.3 Å². The average molecular weight is 220 g/mol. The predicted octanol–water partition coefficient (Wildman–Crippen LogP) is 0.941. The monoisotopic (exact) mass is 220 g/mol. The lowest BCUT2D eigenvalue weighted by atomic mass is 10.2. The highest BCUT2D eigenvalue weighted by molar-refractivity contribution is 5.81. The van der Waals surface area contributed by atoms with Gasteiger partial charge in [-0.15, -0.1) is 0 Å². The first kappa shape index (κ1) is 11.0. The number of anilines is 1. The van der Waals surface area contributed by atoms with Crippen LogP contribution in [0.2, 0.25) is 0 Å². The third-order valence-corrected chi connectivity index (χ3v) is 2.76. The molecule has 1 aliphatic heterocycles. The molecule has 0 unspecified atom stereocenters. The molecule has 16 heavy (non-hydrogen) atoms. The van der Waals surface area contributed by atoms with E-state index in [2.05, 4.69) is 0 Å². The Balaban J connectivity index is 2.19. The molecule has 4 heteroatoms. The van der Waals surface area contributed by atoms with Crippen molar-refractivity contribution in [1.29, 1.82) is 0 Å². The molecule has 0 saturated carbocycles. The van der Waals surface area contributed by atoms with Gasteiger partial charge in [0.05, 0.1) is 18.8 Å². The number of rotatable bonds is 3. The van der Waals surface area contributed by atoms with E-state index in [0.29, 0.717) is 19.5 Å².